The lowest BCUT2D eigenvalue weighted by Crippen LogP contribution is -2.24. The molecule has 33 heavy (non-hydrogen) atoms. The van der Waals surface area contributed by atoms with Crippen LogP contribution in [0.4, 0.5) is 0 Å². The number of hydrogen-bond donors (Lipinski definition) is 4. The van der Waals surface area contributed by atoms with Crippen LogP contribution in [-0.2, 0) is 14.9 Å². The van der Waals surface area contributed by atoms with Gasteiger partial charge in [0.25, 0.3) is 0 Å². The Morgan fingerprint density at radius 3 is 1.33 bits per heavy atom. The van der Waals surface area contributed by atoms with E-state index in [2.05, 4.69) is 13.8 Å². The molecule has 2 rings (SSSR count). The highest BCUT2D eigenvalue weighted by atomic mass is 16.5. The van der Waals surface area contributed by atoms with E-state index in [0.29, 0.717) is 11.5 Å². The Bertz CT molecular complexity index is 710. The summed E-state index contributed by atoms with van der Waals surface area (Å²) in [6.07, 6.45) is -1.52. The molecule has 0 radical (unpaired) electrons. The van der Waals surface area contributed by atoms with E-state index in [1.165, 1.54) is 0 Å². The van der Waals surface area contributed by atoms with Gasteiger partial charge >= 0.3 is 0 Å². The van der Waals surface area contributed by atoms with Crippen LogP contribution in [0.15, 0.2) is 48.5 Å². The summed E-state index contributed by atoms with van der Waals surface area (Å²) in [6.45, 7) is 4.93. The fraction of sp³-hybridized carbons (Fsp3) is 0.520. The zero-order valence-electron chi connectivity index (χ0n) is 19.4. The molecule has 8 nitrogen and oxygen atoms in total. The Labute approximate surface area is 195 Å². The molecule has 0 aliphatic heterocycles. The third kappa shape index (κ3) is 9.29. The van der Waals surface area contributed by atoms with Crippen molar-refractivity contribution in [1.82, 2.24) is 0 Å². The Hall–Kier alpha value is -2.20. The summed E-state index contributed by atoms with van der Waals surface area (Å²) in [5, 5.41) is 37.1. The first kappa shape index (κ1) is 27.0. The van der Waals surface area contributed by atoms with Crippen molar-refractivity contribution in [3.63, 3.8) is 0 Å². The summed E-state index contributed by atoms with van der Waals surface area (Å²) in [5.41, 5.74) is 1.95. The summed E-state index contributed by atoms with van der Waals surface area (Å²) < 4.78 is 21.4. The maximum Gasteiger partial charge on any atom is 0.119 e. The molecular formula is C25H36O8. The van der Waals surface area contributed by atoms with Crippen LogP contribution in [0, 0.1) is 0 Å². The SMILES string of the molecule is CC(C)(c1ccc(OCC(O)COCCO)cc1)c1ccc(OCC(O)COCCO)cc1. The molecule has 184 valence electrons. The number of hydrogen-bond acceptors (Lipinski definition) is 8. The minimum Gasteiger partial charge on any atom is -0.491 e. The second kappa shape index (κ2) is 14.1. The lowest BCUT2D eigenvalue weighted by Gasteiger charge is -2.26. The molecule has 2 aromatic rings. The van der Waals surface area contributed by atoms with E-state index in [1.54, 1.807) is 0 Å². The van der Waals surface area contributed by atoms with E-state index in [-0.39, 0.29) is 58.3 Å². The third-order valence-corrected chi connectivity index (χ3v) is 5.13. The van der Waals surface area contributed by atoms with Gasteiger partial charge in [0, 0.05) is 5.41 Å². The first-order valence-electron chi connectivity index (χ1n) is 11.1. The minimum absolute atomic E-state index is 0.0781. The molecule has 0 amide bonds. The van der Waals surface area contributed by atoms with Crippen LogP contribution < -0.4 is 9.47 Å². The molecule has 2 atom stereocenters. The lowest BCUT2D eigenvalue weighted by atomic mass is 9.78. The van der Waals surface area contributed by atoms with Crippen LogP contribution in [0.25, 0.3) is 0 Å². The average Bonchev–Trinajstić information content (AvgIpc) is 2.82. The monoisotopic (exact) mass is 464 g/mol. The van der Waals surface area contributed by atoms with Gasteiger partial charge in [0.1, 0.15) is 36.9 Å². The van der Waals surface area contributed by atoms with Crippen molar-refractivity contribution >= 4 is 0 Å². The Morgan fingerprint density at radius 1 is 0.636 bits per heavy atom. The number of aliphatic hydroxyl groups is 4. The topological polar surface area (TPSA) is 118 Å². The zero-order valence-corrected chi connectivity index (χ0v) is 19.4. The van der Waals surface area contributed by atoms with Gasteiger partial charge in [-0.05, 0) is 35.4 Å². The lowest BCUT2D eigenvalue weighted by molar-refractivity contribution is 0.00131. The van der Waals surface area contributed by atoms with Crippen LogP contribution >= 0.6 is 0 Å². The molecule has 0 saturated carbocycles. The fourth-order valence-electron chi connectivity index (χ4n) is 3.15. The van der Waals surface area contributed by atoms with Crippen molar-refractivity contribution in [3.8, 4) is 11.5 Å². The minimum atomic E-state index is -0.761. The van der Waals surface area contributed by atoms with Gasteiger partial charge in [-0.1, -0.05) is 38.1 Å². The molecule has 0 heterocycles. The van der Waals surface area contributed by atoms with Gasteiger partial charge in [-0.2, -0.15) is 0 Å². The Balaban J connectivity index is 1.88. The molecular weight excluding hydrogens is 428 g/mol. The first-order chi connectivity index (χ1) is 15.9. The third-order valence-electron chi connectivity index (χ3n) is 5.13. The normalized spacial score (nSPS) is 13.5. The van der Waals surface area contributed by atoms with Gasteiger partial charge in [0.05, 0.1) is 39.6 Å². The van der Waals surface area contributed by atoms with Crippen molar-refractivity contribution in [2.75, 3.05) is 52.9 Å². The van der Waals surface area contributed by atoms with Crippen molar-refractivity contribution in [2.24, 2.45) is 0 Å². The van der Waals surface area contributed by atoms with Gasteiger partial charge in [0.2, 0.25) is 0 Å². The molecule has 0 fully saturated rings. The standard InChI is InChI=1S/C25H36O8/c1-25(2,19-3-7-23(8-4-19)32-17-21(28)15-30-13-11-26)20-5-9-24(10-6-20)33-18-22(29)16-31-14-12-27/h3-10,21-22,26-29H,11-18H2,1-2H3. The molecule has 0 aromatic heterocycles. The summed E-state index contributed by atoms with van der Waals surface area (Å²) in [4.78, 5) is 0. The summed E-state index contributed by atoms with van der Waals surface area (Å²) >= 11 is 0. The van der Waals surface area contributed by atoms with E-state index >= 15 is 0 Å². The van der Waals surface area contributed by atoms with Gasteiger partial charge in [-0.3, -0.25) is 0 Å². The van der Waals surface area contributed by atoms with E-state index < -0.39 is 12.2 Å². The predicted molar refractivity (Wildman–Crippen MR) is 124 cm³/mol. The quantitative estimate of drug-likeness (QED) is 0.276. The number of aliphatic hydroxyl groups excluding tert-OH is 4. The van der Waals surface area contributed by atoms with Crippen LogP contribution in [0.5, 0.6) is 11.5 Å². The number of ether oxygens (including phenoxy) is 4. The zero-order chi connectivity index (χ0) is 24.1. The van der Waals surface area contributed by atoms with E-state index in [1.807, 2.05) is 48.5 Å². The molecule has 0 aliphatic carbocycles. The fourth-order valence-corrected chi connectivity index (χ4v) is 3.15. The largest absolute Gasteiger partial charge is 0.491 e. The second-order valence-corrected chi connectivity index (χ2v) is 8.20. The highest BCUT2D eigenvalue weighted by Crippen LogP contribution is 2.33. The van der Waals surface area contributed by atoms with Gasteiger partial charge in [-0.25, -0.2) is 0 Å². The molecule has 8 heteroatoms. The van der Waals surface area contributed by atoms with E-state index in [0.717, 1.165) is 11.1 Å². The van der Waals surface area contributed by atoms with Crippen LogP contribution in [0.1, 0.15) is 25.0 Å². The van der Waals surface area contributed by atoms with E-state index in [9.17, 15) is 10.2 Å². The highest BCUT2D eigenvalue weighted by molar-refractivity contribution is 5.41. The van der Waals surface area contributed by atoms with Crippen LogP contribution in [0.3, 0.4) is 0 Å². The van der Waals surface area contributed by atoms with Gasteiger partial charge in [0.15, 0.2) is 0 Å². The molecule has 4 N–H and O–H groups in total. The molecule has 0 aliphatic rings. The van der Waals surface area contributed by atoms with Crippen LogP contribution in [-0.4, -0.2) is 85.5 Å². The van der Waals surface area contributed by atoms with Crippen molar-refractivity contribution in [3.05, 3.63) is 59.7 Å². The summed E-state index contributed by atoms with van der Waals surface area (Å²) in [7, 11) is 0. The average molecular weight is 465 g/mol. The van der Waals surface area contributed by atoms with Crippen LogP contribution in [0.2, 0.25) is 0 Å². The summed E-state index contributed by atoms with van der Waals surface area (Å²) in [5.74, 6) is 1.31. The smallest absolute Gasteiger partial charge is 0.119 e. The summed E-state index contributed by atoms with van der Waals surface area (Å²) in [6, 6.07) is 15.5. The van der Waals surface area contributed by atoms with Crippen molar-refractivity contribution in [1.29, 1.82) is 0 Å². The maximum atomic E-state index is 9.84. The number of rotatable bonds is 16. The Morgan fingerprint density at radius 2 is 1.00 bits per heavy atom. The van der Waals surface area contributed by atoms with Gasteiger partial charge in [-0.15, -0.1) is 0 Å². The second-order valence-electron chi connectivity index (χ2n) is 8.20. The molecule has 2 unspecified atom stereocenters. The van der Waals surface area contributed by atoms with Gasteiger partial charge < -0.3 is 39.4 Å². The first-order valence-corrected chi connectivity index (χ1v) is 11.1. The molecule has 0 saturated heterocycles. The molecule has 0 bridgehead atoms. The van der Waals surface area contributed by atoms with E-state index in [4.69, 9.17) is 29.2 Å². The molecule has 0 spiro atoms. The van der Waals surface area contributed by atoms with Crippen molar-refractivity contribution in [2.45, 2.75) is 31.5 Å². The van der Waals surface area contributed by atoms with Crippen molar-refractivity contribution < 1.29 is 39.4 Å². The maximum absolute atomic E-state index is 9.84. The highest BCUT2D eigenvalue weighted by Gasteiger charge is 2.23. The predicted octanol–water partition coefficient (Wildman–Crippen LogP) is 1.51. The number of benzene rings is 2. The molecule has 2 aromatic carbocycles. The Kier molecular flexibility index (Phi) is 11.6.